The van der Waals surface area contributed by atoms with Gasteiger partial charge in [0.2, 0.25) is 5.95 Å². The number of hydrogen-bond donors (Lipinski definition) is 2. The van der Waals surface area contributed by atoms with Crippen LogP contribution in [0.3, 0.4) is 0 Å². The van der Waals surface area contributed by atoms with E-state index in [2.05, 4.69) is 20.6 Å². The van der Waals surface area contributed by atoms with Crippen molar-refractivity contribution in [3.63, 3.8) is 0 Å². The summed E-state index contributed by atoms with van der Waals surface area (Å²) in [6.07, 6.45) is -3.87. The normalized spacial score (nSPS) is 12.8. The van der Waals surface area contributed by atoms with Crippen molar-refractivity contribution >= 4 is 40.7 Å². The average molecular weight is 379 g/mol. The minimum Gasteiger partial charge on any atom is -0.352 e. The Balaban J connectivity index is 2.38. The summed E-state index contributed by atoms with van der Waals surface area (Å²) >= 11 is 11.8. The van der Waals surface area contributed by atoms with Gasteiger partial charge in [-0.3, -0.25) is 0 Å². The predicted octanol–water partition coefficient (Wildman–Crippen LogP) is 5.76. The third-order valence-electron chi connectivity index (χ3n) is 3.20. The number of hydrogen-bond acceptors (Lipinski definition) is 4. The summed E-state index contributed by atoms with van der Waals surface area (Å²) in [7, 11) is 0. The second-order valence-electron chi connectivity index (χ2n) is 5.16. The molecular weight excluding hydrogens is 364 g/mol. The number of nitrogens with one attached hydrogen (secondary N) is 2. The van der Waals surface area contributed by atoms with Crippen LogP contribution in [0.25, 0.3) is 0 Å². The first-order valence-corrected chi connectivity index (χ1v) is 7.89. The fourth-order valence-corrected chi connectivity index (χ4v) is 2.23. The molecule has 0 aliphatic heterocycles. The highest BCUT2D eigenvalue weighted by Crippen LogP contribution is 2.32. The van der Waals surface area contributed by atoms with Crippen molar-refractivity contribution in [2.45, 2.75) is 32.5 Å². The number of rotatable bonds is 5. The van der Waals surface area contributed by atoms with Crippen LogP contribution in [0, 0.1) is 0 Å². The van der Waals surface area contributed by atoms with Gasteiger partial charge in [0.25, 0.3) is 0 Å². The van der Waals surface area contributed by atoms with Gasteiger partial charge in [-0.1, -0.05) is 30.1 Å². The molecular formula is C15H15Cl2F3N4. The minimum absolute atomic E-state index is 0.0210. The van der Waals surface area contributed by atoms with E-state index in [1.54, 1.807) is 12.1 Å². The lowest BCUT2D eigenvalue weighted by atomic mass is 10.3. The van der Waals surface area contributed by atoms with E-state index >= 15 is 0 Å². The molecule has 0 radical (unpaired) electrons. The zero-order chi connectivity index (χ0) is 17.9. The monoisotopic (exact) mass is 378 g/mol. The maximum Gasteiger partial charge on any atom is 0.433 e. The fraction of sp³-hybridized carbons (Fsp3) is 0.333. The Bertz CT molecular complexity index is 722. The second kappa shape index (κ2) is 7.44. The van der Waals surface area contributed by atoms with E-state index in [0.29, 0.717) is 17.1 Å². The molecule has 0 amide bonds. The Kier molecular flexibility index (Phi) is 5.77. The lowest BCUT2D eigenvalue weighted by Gasteiger charge is -2.16. The Hall–Kier alpha value is -1.73. The van der Waals surface area contributed by atoms with Crippen LogP contribution in [0.15, 0.2) is 24.3 Å². The molecule has 9 heteroatoms. The number of aromatic nitrogens is 2. The summed E-state index contributed by atoms with van der Waals surface area (Å²) in [6, 6.07) is 5.37. The number of benzene rings is 1. The van der Waals surface area contributed by atoms with Crippen LogP contribution in [0.1, 0.15) is 26.0 Å². The second-order valence-corrected chi connectivity index (χ2v) is 6.01. The molecule has 0 aliphatic carbocycles. The number of halogens is 5. The quantitative estimate of drug-likeness (QED) is 0.694. The maximum atomic E-state index is 13.0. The lowest BCUT2D eigenvalue weighted by Crippen LogP contribution is -2.18. The Morgan fingerprint density at radius 1 is 1.17 bits per heavy atom. The first-order chi connectivity index (χ1) is 11.2. The first kappa shape index (κ1) is 18.6. The van der Waals surface area contributed by atoms with Crippen LogP contribution in [0.4, 0.5) is 30.6 Å². The molecule has 1 heterocycles. The van der Waals surface area contributed by atoms with Crippen LogP contribution < -0.4 is 10.6 Å². The summed E-state index contributed by atoms with van der Waals surface area (Å²) in [5.74, 6) is -0.126. The molecule has 0 bridgehead atoms. The van der Waals surface area contributed by atoms with Crippen molar-refractivity contribution in [2.24, 2.45) is 0 Å². The van der Waals surface area contributed by atoms with Gasteiger partial charge in [-0.05, 0) is 31.5 Å². The zero-order valence-electron chi connectivity index (χ0n) is 12.9. The molecule has 0 aliphatic rings. The van der Waals surface area contributed by atoms with E-state index in [9.17, 15) is 13.2 Å². The van der Waals surface area contributed by atoms with Crippen molar-refractivity contribution in [3.8, 4) is 0 Å². The molecule has 2 aromatic rings. The van der Waals surface area contributed by atoms with E-state index in [4.69, 9.17) is 23.2 Å². The standard InChI is InChI=1S/C15H15Cl2F3N4/c1-3-8(2)21-14-23-12(15(18,19)20)7-13(24-14)22-11-5-4-9(16)6-10(11)17/h4-8H,3H2,1-2H3,(H2,21,22,23,24)/t8-/m0/s1. The number of alkyl halides is 3. The Morgan fingerprint density at radius 2 is 1.88 bits per heavy atom. The molecule has 4 nitrogen and oxygen atoms in total. The molecule has 1 aromatic carbocycles. The third kappa shape index (κ3) is 4.88. The van der Waals surface area contributed by atoms with Crippen LogP contribution in [0.2, 0.25) is 10.0 Å². The summed E-state index contributed by atoms with van der Waals surface area (Å²) in [4.78, 5) is 7.60. The van der Waals surface area contributed by atoms with Crippen molar-refractivity contribution in [2.75, 3.05) is 10.6 Å². The zero-order valence-corrected chi connectivity index (χ0v) is 14.4. The molecule has 24 heavy (non-hydrogen) atoms. The fourth-order valence-electron chi connectivity index (χ4n) is 1.77. The van der Waals surface area contributed by atoms with E-state index in [0.717, 1.165) is 6.07 Å². The molecule has 0 spiro atoms. The SMILES string of the molecule is CC[C@H](C)Nc1nc(Nc2ccc(Cl)cc2Cl)cc(C(F)(F)F)n1. The van der Waals surface area contributed by atoms with Gasteiger partial charge in [-0.2, -0.15) is 18.2 Å². The molecule has 2 rings (SSSR count). The average Bonchev–Trinajstić information content (AvgIpc) is 2.49. The van der Waals surface area contributed by atoms with Gasteiger partial charge in [0.05, 0.1) is 10.7 Å². The summed E-state index contributed by atoms with van der Waals surface area (Å²) in [5, 5.41) is 6.29. The summed E-state index contributed by atoms with van der Waals surface area (Å²) < 4.78 is 39.1. The van der Waals surface area contributed by atoms with Crippen LogP contribution in [0.5, 0.6) is 0 Å². The van der Waals surface area contributed by atoms with Crippen molar-refractivity contribution < 1.29 is 13.2 Å². The molecule has 2 N–H and O–H groups in total. The smallest absolute Gasteiger partial charge is 0.352 e. The topological polar surface area (TPSA) is 49.8 Å². The van der Waals surface area contributed by atoms with Crippen molar-refractivity contribution in [3.05, 3.63) is 40.0 Å². The van der Waals surface area contributed by atoms with Gasteiger partial charge in [0.1, 0.15) is 5.82 Å². The molecule has 1 aromatic heterocycles. The highest BCUT2D eigenvalue weighted by Gasteiger charge is 2.34. The van der Waals surface area contributed by atoms with E-state index in [1.807, 2.05) is 13.8 Å². The molecule has 0 saturated carbocycles. The van der Waals surface area contributed by atoms with E-state index in [1.165, 1.54) is 6.07 Å². The highest BCUT2D eigenvalue weighted by atomic mass is 35.5. The van der Waals surface area contributed by atoms with Crippen molar-refractivity contribution in [1.82, 2.24) is 9.97 Å². The van der Waals surface area contributed by atoms with Gasteiger partial charge in [0.15, 0.2) is 5.69 Å². The molecule has 0 unspecified atom stereocenters. The predicted molar refractivity (Wildman–Crippen MR) is 90.2 cm³/mol. The highest BCUT2D eigenvalue weighted by molar-refractivity contribution is 6.36. The maximum absolute atomic E-state index is 13.0. The minimum atomic E-state index is -4.59. The van der Waals surface area contributed by atoms with Gasteiger partial charge < -0.3 is 10.6 Å². The molecule has 0 saturated heterocycles. The molecule has 0 fully saturated rings. The van der Waals surface area contributed by atoms with Gasteiger partial charge >= 0.3 is 6.18 Å². The largest absolute Gasteiger partial charge is 0.433 e. The lowest BCUT2D eigenvalue weighted by molar-refractivity contribution is -0.141. The van der Waals surface area contributed by atoms with Gasteiger partial charge in [-0.15, -0.1) is 0 Å². The summed E-state index contributed by atoms with van der Waals surface area (Å²) in [5.41, 5.74) is -0.654. The van der Waals surface area contributed by atoms with Crippen LogP contribution in [-0.4, -0.2) is 16.0 Å². The molecule has 130 valence electrons. The Labute approximate surface area is 147 Å². The third-order valence-corrected chi connectivity index (χ3v) is 3.75. The van der Waals surface area contributed by atoms with Gasteiger partial charge in [-0.25, -0.2) is 4.98 Å². The van der Waals surface area contributed by atoms with E-state index in [-0.39, 0.29) is 22.8 Å². The first-order valence-electron chi connectivity index (χ1n) is 7.14. The van der Waals surface area contributed by atoms with E-state index < -0.39 is 11.9 Å². The van der Waals surface area contributed by atoms with Crippen LogP contribution >= 0.6 is 23.2 Å². The number of nitrogens with zero attached hydrogens (tertiary/aromatic N) is 2. The summed E-state index contributed by atoms with van der Waals surface area (Å²) in [6.45, 7) is 3.73. The van der Waals surface area contributed by atoms with Crippen molar-refractivity contribution in [1.29, 1.82) is 0 Å². The van der Waals surface area contributed by atoms with Gasteiger partial charge in [0, 0.05) is 17.1 Å². The molecule has 1 atom stereocenters. The number of anilines is 3. The van der Waals surface area contributed by atoms with Crippen LogP contribution in [-0.2, 0) is 6.18 Å². The Morgan fingerprint density at radius 3 is 2.46 bits per heavy atom.